The van der Waals surface area contributed by atoms with E-state index in [-0.39, 0.29) is 0 Å². The predicted molar refractivity (Wildman–Crippen MR) is 75.6 cm³/mol. The van der Waals surface area contributed by atoms with Crippen LogP contribution in [0, 0.1) is 36.0 Å². The first kappa shape index (κ1) is 12.0. The normalized spacial score (nSPS) is 52.8. The minimum atomic E-state index is 0.407. The quantitative estimate of drug-likeness (QED) is 0.672. The molecule has 4 fully saturated rings. The minimum absolute atomic E-state index is 0.407. The second-order valence-electron chi connectivity index (χ2n) is 7.23. The van der Waals surface area contributed by atoms with Crippen LogP contribution in [-0.2, 0) is 9.47 Å². The molecule has 0 aromatic rings. The van der Waals surface area contributed by atoms with Gasteiger partial charge in [0.1, 0.15) is 6.79 Å². The van der Waals surface area contributed by atoms with Crippen molar-refractivity contribution in [3.05, 3.63) is 30.2 Å². The van der Waals surface area contributed by atoms with Gasteiger partial charge in [-0.3, -0.25) is 0 Å². The van der Waals surface area contributed by atoms with E-state index in [1.807, 2.05) is 0 Å². The number of ether oxygens (including phenoxy) is 2. The Bertz CT molecular complexity index is 466. The fourth-order valence-corrected chi connectivity index (χ4v) is 5.88. The molecule has 1 saturated heterocycles. The maximum Gasteiger partial charge on any atom is 0.147 e. The van der Waals surface area contributed by atoms with E-state index >= 15 is 0 Å². The van der Waals surface area contributed by atoms with Crippen molar-refractivity contribution in [3.63, 3.8) is 0 Å². The molecule has 1 aliphatic heterocycles. The molecule has 2 nitrogen and oxygen atoms in total. The zero-order valence-corrected chi connectivity index (χ0v) is 11.8. The van der Waals surface area contributed by atoms with Crippen molar-refractivity contribution in [2.24, 2.45) is 29.6 Å². The Labute approximate surface area is 121 Å². The Morgan fingerprint density at radius 1 is 1.00 bits per heavy atom. The van der Waals surface area contributed by atoms with Gasteiger partial charge in [-0.05, 0) is 55.8 Å². The lowest BCUT2D eigenvalue weighted by atomic mass is 9.57. The zero-order chi connectivity index (χ0) is 13.1. The Morgan fingerprint density at radius 3 is 2.95 bits per heavy atom. The molecular formula is C18H22O2. The maximum absolute atomic E-state index is 5.88. The second kappa shape index (κ2) is 4.45. The summed E-state index contributed by atoms with van der Waals surface area (Å²) in [6, 6.07) is 0. The van der Waals surface area contributed by atoms with Crippen LogP contribution in [-0.4, -0.2) is 19.0 Å². The Balaban J connectivity index is 1.43. The molecule has 0 N–H and O–H groups in total. The van der Waals surface area contributed by atoms with Crippen molar-refractivity contribution in [1.29, 1.82) is 0 Å². The average Bonchev–Trinajstić information content (AvgIpc) is 3.07. The topological polar surface area (TPSA) is 18.5 Å². The van der Waals surface area contributed by atoms with Crippen LogP contribution in [0.15, 0.2) is 23.8 Å². The highest BCUT2D eigenvalue weighted by molar-refractivity contribution is 5.30. The number of rotatable bonds is 0. The number of fused-ring (bicyclic) bond motifs is 7. The molecule has 0 bridgehead atoms. The summed E-state index contributed by atoms with van der Waals surface area (Å²) in [5.74, 6) is 4.11. The summed E-state index contributed by atoms with van der Waals surface area (Å²) in [4.78, 5) is 0. The fraction of sp³-hybridized carbons (Fsp3) is 0.722. The Morgan fingerprint density at radius 2 is 1.95 bits per heavy atom. The van der Waals surface area contributed by atoms with Crippen molar-refractivity contribution in [3.8, 4) is 0 Å². The van der Waals surface area contributed by atoms with Gasteiger partial charge in [0.05, 0.1) is 12.2 Å². The van der Waals surface area contributed by atoms with E-state index in [0.29, 0.717) is 24.9 Å². The molecule has 5 rings (SSSR count). The largest absolute Gasteiger partial charge is 0.349 e. The molecule has 20 heavy (non-hydrogen) atoms. The maximum atomic E-state index is 5.88. The Kier molecular flexibility index (Phi) is 2.67. The highest BCUT2D eigenvalue weighted by Gasteiger charge is 2.55. The third-order valence-corrected chi connectivity index (χ3v) is 6.64. The van der Waals surface area contributed by atoms with Crippen molar-refractivity contribution < 1.29 is 9.47 Å². The number of hydrogen-bond donors (Lipinski definition) is 0. The van der Waals surface area contributed by atoms with Crippen LogP contribution in [0.25, 0.3) is 0 Å². The number of allylic oxidation sites excluding steroid dienone is 4. The van der Waals surface area contributed by atoms with Gasteiger partial charge < -0.3 is 9.47 Å². The van der Waals surface area contributed by atoms with Gasteiger partial charge in [0.15, 0.2) is 0 Å². The van der Waals surface area contributed by atoms with E-state index in [9.17, 15) is 0 Å². The van der Waals surface area contributed by atoms with Gasteiger partial charge in [-0.1, -0.05) is 23.8 Å². The first-order valence-corrected chi connectivity index (χ1v) is 8.26. The van der Waals surface area contributed by atoms with Crippen molar-refractivity contribution in [1.82, 2.24) is 0 Å². The van der Waals surface area contributed by atoms with Crippen LogP contribution in [0.2, 0.25) is 0 Å². The third kappa shape index (κ3) is 1.58. The summed E-state index contributed by atoms with van der Waals surface area (Å²) >= 11 is 0. The molecule has 7 atom stereocenters. The molecular weight excluding hydrogens is 248 g/mol. The number of hydrogen-bond acceptors (Lipinski definition) is 2. The third-order valence-electron chi connectivity index (χ3n) is 6.64. The molecule has 1 heterocycles. The monoisotopic (exact) mass is 270 g/mol. The van der Waals surface area contributed by atoms with Crippen LogP contribution in [0.3, 0.4) is 0 Å². The summed E-state index contributed by atoms with van der Waals surface area (Å²) in [5.41, 5.74) is 1.64. The van der Waals surface area contributed by atoms with Crippen molar-refractivity contribution >= 4 is 0 Å². The fourth-order valence-electron chi connectivity index (χ4n) is 5.88. The smallest absolute Gasteiger partial charge is 0.147 e. The Hall–Kier alpha value is -0.600. The van der Waals surface area contributed by atoms with Gasteiger partial charge in [-0.25, -0.2) is 0 Å². The standard InChI is InChI=1S/C18H22O2/c1-2-4-12-11(3-1)5-6-14-13(12)7-8-15-16(14)9-17-18(15)20-10-19-17/h2-4,12-18H,5-10H2. The summed E-state index contributed by atoms with van der Waals surface area (Å²) < 4.78 is 11.7. The summed E-state index contributed by atoms with van der Waals surface area (Å²) in [7, 11) is 0. The summed E-state index contributed by atoms with van der Waals surface area (Å²) in [6.07, 6.45) is 17.5. The van der Waals surface area contributed by atoms with Gasteiger partial charge >= 0.3 is 0 Å². The molecule has 3 saturated carbocycles. The first-order chi connectivity index (χ1) is 9.92. The first-order valence-electron chi connectivity index (χ1n) is 8.26. The molecule has 4 aliphatic carbocycles. The molecule has 0 spiro atoms. The van der Waals surface area contributed by atoms with E-state index in [1.165, 1.54) is 32.1 Å². The van der Waals surface area contributed by atoms with E-state index in [0.717, 1.165) is 23.7 Å². The molecule has 5 aliphatic rings. The SMILES string of the molecule is [C]1C=CC2C(=C1)CCC1C2CCC2C1CC1OCOC12. The van der Waals surface area contributed by atoms with Gasteiger partial charge in [0, 0.05) is 12.3 Å². The van der Waals surface area contributed by atoms with Gasteiger partial charge in [0.2, 0.25) is 0 Å². The van der Waals surface area contributed by atoms with Crippen LogP contribution in [0.4, 0.5) is 0 Å². The van der Waals surface area contributed by atoms with Crippen molar-refractivity contribution in [2.75, 3.05) is 6.79 Å². The lowest BCUT2D eigenvalue weighted by Gasteiger charge is -2.48. The minimum Gasteiger partial charge on any atom is -0.349 e. The van der Waals surface area contributed by atoms with Crippen LogP contribution < -0.4 is 0 Å². The molecule has 0 aromatic heterocycles. The molecule has 2 radical (unpaired) electrons. The van der Waals surface area contributed by atoms with Gasteiger partial charge in [-0.2, -0.15) is 0 Å². The molecule has 0 amide bonds. The van der Waals surface area contributed by atoms with Gasteiger partial charge in [0.25, 0.3) is 0 Å². The van der Waals surface area contributed by atoms with E-state index in [1.54, 1.807) is 5.57 Å². The predicted octanol–water partition coefficient (Wildman–Crippen LogP) is 3.38. The molecule has 2 heteroatoms. The second-order valence-corrected chi connectivity index (χ2v) is 7.23. The van der Waals surface area contributed by atoms with E-state index < -0.39 is 0 Å². The molecule has 7 unspecified atom stereocenters. The summed E-state index contributed by atoms with van der Waals surface area (Å²) in [5, 5.41) is 0. The zero-order valence-electron chi connectivity index (χ0n) is 11.8. The lowest BCUT2D eigenvalue weighted by Crippen LogP contribution is -2.41. The van der Waals surface area contributed by atoms with Gasteiger partial charge in [-0.15, -0.1) is 0 Å². The molecule has 0 aromatic carbocycles. The highest BCUT2D eigenvalue weighted by atomic mass is 16.7. The van der Waals surface area contributed by atoms with E-state index in [2.05, 4.69) is 24.6 Å². The average molecular weight is 270 g/mol. The van der Waals surface area contributed by atoms with Crippen LogP contribution in [0.5, 0.6) is 0 Å². The molecule has 106 valence electrons. The highest BCUT2D eigenvalue weighted by Crippen LogP contribution is 2.57. The lowest BCUT2D eigenvalue weighted by molar-refractivity contribution is -0.0306. The van der Waals surface area contributed by atoms with E-state index in [4.69, 9.17) is 9.47 Å². The van der Waals surface area contributed by atoms with Crippen molar-refractivity contribution in [2.45, 2.75) is 44.3 Å². The summed E-state index contributed by atoms with van der Waals surface area (Å²) in [6.45, 7) is 0.538. The van der Waals surface area contributed by atoms with Crippen LogP contribution in [0.1, 0.15) is 32.1 Å². The van der Waals surface area contributed by atoms with Crippen LogP contribution >= 0.6 is 0 Å².